The highest BCUT2D eigenvalue weighted by molar-refractivity contribution is 8.00. The van der Waals surface area contributed by atoms with E-state index in [4.69, 9.17) is 22.3 Å². The lowest BCUT2D eigenvalue weighted by Crippen LogP contribution is -2.58. The molecule has 25 heteroatoms. The first-order valence-electron chi connectivity index (χ1n) is 25.7. The standard InChI is InChI=1S/C54H63ClN12O9S3/c1-26-28(3)79-53-42(26)43(30-12-14-34(55)15-13-30)60-37(48-65-64-29(4)67(48)53)20-40(70)58-21-33-18-35(68)16-17-57-51(75)44(31-8-10-32(11-9-31)45-27(2)59-25-78-45)63-50(74)39-19-36(69)22-66(39)52(76)46(54(5,6)7)62-41(71)24-77-23-38(47(56)72)61-49(33)73/h8-15,25,33,36-39,44,46,69H,16-24H2,1-7H3,(H2,56,72)(H,57,75)(H,58,70)(H,61,73)(H,62,71)(H,63,74)/t33-,36-,37+,38-,39+,44?,46-/m1/s1. The number of benzene rings is 2. The van der Waals surface area contributed by atoms with Crippen molar-refractivity contribution in [2.75, 3.05) is 31.1 Å². The number of nitrogens with two attached hydrogens (primary N) is 1. The molecule has 418 valence electrons. The molecule has 8 rings (SSSR count). The summed E-state index contributed by atoms with van der Waals surface area (Å²) in [7, 11) is 0. The number of hydrogen-bond donors (Lipinski definition) is 7. The van der Waals surface area contributed by atoms with Gasteiger partial charge in [0.1, 0.15) is 46.8 Å². The van der Waals surface area contributed by atoms with E-state index < -0.39 is 101 Å². The summed E-state index contributed by atoms with van der Waals surface area (Å²) in [5, 5.41) is 34.8. The van der Waals surface area contributed by atoms with Crippen LogP contribution in [-0.2, 0) is 38.4 Å². The summed E-state index contributed by atoms with van der Waals surface area (Å²) in [5.74, 6) is -6.17. The number of aliphatic imine (C=N–C) groups is 1. The number of halogens is 1. The number of primary amides is 1. The summed E-state index contributed by atoms with van der Waals surface area (Å²) >= 11 is 10.2. The van der Waals surface area contributed by atoms with E-state index in [1.807, 2.05) is 44.4 Å². The van der Waals surface area contributed by atoms with Gasteiger partial charge in [-0.05, 0) is 61.9 Å². The third-order valence-electron chi connectivity index (χ3n) is 14.1. The van der Waals surface area contributed by atoms with Crippen molar-refractivity contribution in [3.05, 3.63) is 104 Å². The normalized spacial score (nSPS) is 23.1. The fourth-order valence-electron chi connectivity index (χ4n) is 9.70. The van der Waals surface area contributed by atoms with Gasteiger partial charge in [-0.2, -0.15) is 0 Å². The third-order valence-corrected chi connectivity index (χ3v) is 17.5. The molecule has 7 atom stereocenters. The molecule has 0 saturated carbocycles. The average Bonchev–Trinajstić information content (AvgIpc) is 4.21. The van der Waals surface area contributed by atoms with Gasteiger partial charge in [0.05, 0.1) is 46.0 Å². The number of aliphatic hydroxyl groups excluding tert-OH is 1. The number of ketones is 1. The number of hydrogen-bond acceptors (Lipinski definition) is 16. The molecule has 6 heterocycles. The van der Waals surface area contributed by atoms with Crippen LogP contribution in [0.3, 0.4) is 0 Å². The zero-order valence-electron chi connectivity index (χ0n) is 44.7. The molecule has 0 bridgehead atoms. The summed E-state index contributed by atoms with van der Waals surface area (Å²) in [4.78, 5) is 125. The van der Waals surface area contributed by atoms with Gasteiger partial charge < -0.3 is 42.3 Å². The SMILES string of the molecule is Cc1ncsc1-c1ccc(C2NC(=O)[C@@H]3C[C@@H](O)CN3C(=O)[C@H](C(C)(C)C)NC(=O)CSC[C@H](C(N)=O)NC(=O)[C@@H](CNC(=O)C[C@@H]3N=C(c4ccc(Cl)cc4)c4c(sc(C)c4C)-n4c(C)nnc43)CC(=O)CCNC2=O)cc1. The van der Waals surface area contributed by atoms with Gasteiger partial charge in [0, 0.05) is 65.7 Å². The van der Waals surface area contributed by atoms with E-state index in [2.05, 4.69) is 41.8 Å². The predicted octanol–water partition coefficient (Wildman–Crippen LogP) is 3.89. The maximum atomic E-state index is 14.4. The molecule has 0 spiro atoms. The number of aryl methyl sites for hydroxylation is 3. The smallest absolute Gasteiger partial charge is 0.247 e. The van der Waals surface area contributed by atoms with E-state index in [9.17, 15) is 43.5 Å². The van der Waals surface area contributed by atoms with Crippen LogP contribution in [0.4, 0.5) is 0 Å². The van der Waals surface area contributed by atoms with Gasteiger partial charge in [0.2, 0.25) is 41.4 Å². The first kappa shape index (κ1) is 58.3. The van der Waals surface area contributed by atoms with Gasteiger partial charge in [0.15, 0.2) is 5.82 Å². The van der Waals surface area contributed by atoms with Crippen LogP contribution in [0.25, 0.3) is 15.4 Å². The van der Waals surface area contributed by atoms with E-state index in [1.54, 1.807) is 74.0 Å². The van der Waals surface area contributed by atoms with Crippen LogP contribution < -0.4 is 32.3 Å². The Hall–Kier alpha value is -6.86. The molecule has 2 aromatic carbocycles. The van der Waals surface area contributed by atoms with Crippen LogP contribution in [0, 0.1) is 39.0 Å². The molecule has 21 nitrogen and oxygen atoms in total. The Kier molecular flexibility index (Phi) is 18.2. The molecule has 2 saturated heterocycles. The lowest BCUT2D eigenvalue weighted by Gasteiger charge is -2.35. The molecule has 5 aromatic rings. The van der Waals surface area contributed by atoms with Crippen LogP contribution >= 0.6 is 46.0 Å². The van der Waals surface area contributed by atoms with Crippen molar-refractivity contribution in [1.29, 1.82) is 0 Å². The Labute approximate surface area is 473 Å². The Morgan fingerprint density at radius 2 is 1.62 bits per heavy atom. The van der Waals surface area contributed by atoms with Crippen LogP contribution in [-0.4, -0.2) is 138 Å². The number of aromatic nitrogens is 4. The minimum Gasteiger partial charge on any atom is -0.391 e. The van der Waals surface area contributed by atoms with Gasteiger partial charge >= 0.3 is 0 Å². The van der Waals surface area contributed by atoms with Crippen molar-refractivity contribution in [2.45, 2.75) is 110 Å². The van der Waals surface area contributed by atoms with E-state index >= 15 is 0 Å². The molecule has 1 unspecified atom stereocenters. The maximum absolute atomic E-state index is 14.4. The van der Waals surface area contributed by atoms with E-state index in [0.29, 0.717) is 27.9 Å². The Morgan fingerprint density at radius 1 is 0.911 bits per heavy atom. The van der Waals surface area contributed by atoms with E-state index in [0.717, 1.165) is 54.5 Å². The van der Waals surface area contributed by atoms with Crippen molar-refractivity contribution >= 4 is 98.9 Å². The number of thioether (sulfide) groups is 1. The highest BCUT2D eigenvalue weighted by Gasteiger charge is 2.45. The fourth-order valence-corrected chi connectivity index (χ4v) is 12.7. The summed E-state index contributed by atoms with van der Waals surface area (Å²) in [6.45, 7) is 12.1. The van der Waals surface area contributed by atoms with Gasteiger partial charge in [-0.3, -0.25) is 47.9 Å². The van der Waals surface area contributed by atoms with Crippen molar-refractivity contribution in [2.24, 2.45) is 22.1 Å². The number of nitrogens with one attached hydrogen (secondary N) is 5. The number of carbonyl (C=O) groups excluding carboxylic acids is 8. The van der Waals surface area contributed by atoms with Gasteiger partial charge in [-0.1, -0.05) is 68.8 Å². The number of Topliss-reactive ketones (excluding diaryl/α,β-unsaturated/α-hetero) is 1. The Bertz CT molecular complexity index is 3210. The molecule has 79 heavy (non-hydrogen) atoms. The second-order valence-electron chi connectivity index (χ2n) is 21.0. The molecule has 3 aliphatic rings. The monoisotopic (exact) mass is 1150 g/mol. The molecule has 0 aliphatic carbocycles. The summed E-state index contributed by atoms with van der Waals surface area (Å²) < 4.78 is 1.90. The summed E-state index contributed by atoms with van der Waals surface area (Å²) in [6, 6.07) is 8.17. The quantitative estimate of drug-likeness (QED) is 0.116. The molecule has 3 aliphatic heterocycles. The van der Waals surface area contributed by atoms with Crippen LogP contribution in [0.15, 0.2) is 59.0 Å². The lowest BCUT2D eigenvalue weighted by atomic mass is 9.85. The molecule has 2 fully saturated rings. The average molecular weight is 1160 g/mol. The highest BCUT2D eigenvalue weighted by atomic mass is 35.5. The third kappa shape index (κ3) is 13.4. The van der Waals surface area contributed by atoms with Gasteiger partial charge in [-0.15, -0.1) is 44.6 Å². The zero-order valence-corrected chi connectivity index (χ0v) is 47.9. The van der Waals surface area contributed by atoms with Gasteiger partial charge in [0.25, 0.3) is 0 Å². The van der Waals surface area contributed by atoms with Crippen LogP contribution in [0.1, 0.15) is 103 Å². The van der Waals surface area contributed by atoms with Gasteiger partial charge in [-0.25, -0.2) is 4.98 Å². The number of thiophene rings is 1. The van der Waals surface area contributed by atoms with E-state index in [-0.39, 0.29) is 50.4 Å². The Morgan fingerprint density at radius 3 is 2.29 bits per heavy atom. The Balaban J connectivity index is 1.06. The first-order valence-corrected chi connectivity index (χ1v) is 28.9. The van der Waals surface area contributed by atoms with Crippen LogP contribution in [0.2, 0.25) is 5.02 Å². The molecule has 3 aromatic heterocycles. The summed E-state index contributed by atoms with van der Waals surface area (Å²) in [6.07, 6.45) is -2.22. The number of carbonyl (C=O) groups is 8. The molecule has 7 amide bonds. The molecular formula is C54H63ClN12O9S3. The number of rotatable bonds is 8. The predicted molar refractivity (Wildman–Crippen MR) is 301 cm³/mol. The first-order chi connectivity index (χ1) is 37.5. The molecular weight excluding hydrogens is 1090 g/mol. The molecule has 0 radical (unpaired) electrons. The zero-order chi connectivity index (χ0) is 57.0. The lowest BCUT2D eigenvalue weighted by molar-refractivity contribution is -0.144. The van der Waals surface area contributed by atoms with E-state index in [1.165, 1.54) is 16.2 Å². The van der Waals surface area contributed by atoms with Crippen molar-refractivity contribution in [1.82, 2.24) is 51.2 Å². The highest BCUT2D eigenvalue weighted by Crippen LogP contribution is 2.40. The topological polar surface area (TPSA) is 302 Å². The fraction of sp³-hybridized carbons (Fsp3) is 0.444. The number of fused-ring (bicyclic) bond motifs is 4. The largest absolute Gasteiger partial charge is 0.391 e. The second-order valence-corrected chi connectivity index (χ2v) is 24.5. The molecule has 8 N–H and O–H groups in total. The van der Waals surface area contributed by atoms with Crippen molar-refractivity contribution in [3.8, 4) is 15.4 Å². The van der Waals surface area contributed by atoms with Crippen LogP contribution in [0.5, 0.6) is 0 Å². The number of amides is 7. The number of thiazole rings is 1. The van der Waals surface area contributed by atoms with Crippen molar-refractivity contribution < 1.29 is 43.5 Å². The minimum atomic E-state index is -1.35. The number of nitrogens with zero attached hydrogens (tertiary/aromatic N) is 6. The maximum Gasteiger partial charge on any atom is 0.247 e. The second kappa shape index (κ2) is 24.7. The van der Waals surface area contributed by atoms with Crippen molar-refractivity contribution in [3.63, 3.8) is 0 Å². The minimum absolute atomic E-state index is 0.148. The number of aliphatic hydroxyl groups is 1. The summed E-state index contributed by atoms with van der Waals surface area (Å²) in [5.41, 5.74) is 11.9.